The molecule has 0 spiro atoms. The van der Waals surface area contributed by atoms with Gasteiger partial charge in [0.05, 0.1) is 12.7 Å². The summed E-state index contributed by atoms with van der Waals surface area (Å²) in [5, 5.41) is 6.44. The van der Waals surface area contributed by atoms with Gasteiger partial charge in [-0.2, -0.15) is 0 Å². The second-order valence-electron chi connectivity index (χ2n) is 4.69. The minimum Gasteiger partial charge on any atom is -0.372 e. The van der Waals surface area contributed by atoms with E-state index in [0.717, 1.165) is 23.8 Å². The van der Waals surface area contributed by atoms with E-state index in [4.69, 9.17) is 0 Å². The molecule has 5 nitrogen and oxygen atoms in total. The van der Waals surface area contributed by atoms with Crippen molar-refractivity contribution in [1.82, 2.24) is 14.4 Å². The number of rotatable bonds is 4. The van der Waals surface area contributed by atoms with Crippen molar-refractivity contribution in [2.45, 2.75) is 20.4 Å². The van der Waals surface area contributed by atoms with Crippen molar-refractivity contribution in [3.05, 3.63) is 40.0 Å². The van der Waals surface area contributed by atoms with Crippen LogP contribution >= 0.6 is 11.3 Å². The van der Waals surface area contributed by atoms with Crippen LogP contribution in [0.15, 0.2) is 24.7 Å². The van der Waals surface area contributed by atoms with Gasteiger partial charge in [-0.25, -0.2) is 9.97 Å². The van der Waals surface area contributed by atoms with Crippen LogP contribution in [-0.2, 0) is 6.54 Å². The van der Waals surface area contributed by atoms with E-state index >= 15 is 0 Å². The van der Waals surface area contributed by atoms with Gasteiger partial charge in [-0.1, -0.05) is 0 Å². The van der Waals surface area contributed by atoms with Crippen molar-refractivity contribution >= 4 is 28.6 Å². The molecular formula is C14H17N5S. The Labute approximate surface area is 121 Å². The Hall–Kier alpha value is -2.08. The summed E-state index contributed by atoms with van der Waals surface area (Å²) in [5.74, 6) is 1.61. The van der Waals surface area contributed by atoms with E-state index in [1.807, 2.05) is 35.2 Å². The average Bonchev–Trinajstić information content (AvgIpc) is 3.03. The minimum absolute atomic E-state index is 0.766. The van der Waals surface area contributed by atoms with Crippen molar-refractivity contribution in [2.75, 3.05) is 17.7 Å². The van der Waals surface area contributed by atoms with Crippen LogP contribution in [0, 0.1) is 13.8 Å². The molecule has 20 heavy (non-hydrogen) atoms. The predicted octanol–water partition coefficient (Wildman–Crippen LogP) is 3.06. The van der Waals surface area contributed by atoms with Gasteiger partial charge in [-0.15, -0.1) is 11.3 Å². The number of hydrogen-bond donors (Lipinski definition) is 2. The van der Waals surface area contributed by atoms with Gasteiger partial charge in [0, 0.05) is 29.2 Å². The zero-order valence-electron chi connectivity index (χ0n) is 11.8. The average molecular weight is 287 g/mol. The maximum Gasteiger partial charge on any atom is 0.180 e. The van der Waals surface area contributed by atoms with E-state index in [1.165, 1.54) is 15.3 Å². The molecule has 0 radical (unpaired) electrons. The molecule has 0 aliphatic rings. The molecule has 0 aliphatic heterocycles. The number of anilines is 2. The third-order valence-electron chi connectivity index (χ3n) is 3.28. The lowest BCUT2D eigenvalue weighted by Gasteiger charge is -2.08. The lowest BCUT2D eigenvalue weighted by atomic mass is 10.3. The molecule has 2 N–H and O–H groups in total. The van der Waals surface area contributed by atoms with Crippen LogP contribution in [0.25, 0.3) is 5.65 Å². The second kappa shape index (κ2) is 5.13. The van der Waals surface area contributed by atoms with Crippen molar-refractivity contribution < 1.29 is 0 Å². The van der Waals surface area contributed by atoms with E-state index in [9.17, 15) is 0 Å². The predicted molar refractivity (Wildman–Crippen MR) is 83.7 cm³/mol. The number of aromatic nitrogens is 3. The smallest absolute Gasteiger partial charge is 0.180 e. The van der Waals surface area contributed by atoms with Gasteiger partial charge in [0.2, 0.25) is 0 Å². The molecule has 0 unspecified atom stereocenters. The highest BCUT2D eigenvalue weighted by Crippen LogP contribution is 2.22. The van der Waals surface area contributed by atoms with E-state index in [1.54, 1.807) is 6.20 Å². The Morgan fingerprint density at radius 1 is 1.35 bits per heavy atom. The van der Waals surface area contributed by atoms with Crippen LogP contribution in [0.2, 0.25) is 0 Å². The van der Waals surface area contributed by atoms with Gasteiger partial charge in [0.25, 0.3) is 0 Å². The van der Waals surface area contributed by atoms with Crippen molar-refractivity contribution in [1.29, 1.82) is 0 Å². The Morgan fingerprint density at radius 3 is 2.90 bits per heavy atom. The fraction of sp³-hybridized carbons (Fsp3) is 0.286. The highest BCUT2D eigenvalue weighted by Gasteiger charge is 2.08. The molecule has 0 fully saturated rings. The van der Waals surface area contributed by atoms with Gasteiger partial charge in [-0.05, 0) is 25.5 Å². The first-order valence-electron chi connectivity index (χ1n) is 6.48. The molecule has 3 aromatic heterocycles. The van der Waals surface area contributed by atoms with Crippen molar-refractivity contribution in [3.63, 3.8) is 0 Å². The largest absolute Gasteiger partial charge is 0.372 e. The third kappa shape index (κ3) is 2.34. The highest BCUT2D eigenvalue weighted by atomic mass is 32.1. The molecule has 3 rings (SSSR count). The molecule has 0 saturated carbocycles. The van der Waals surface area contributed by atoms with Crippen LogP contribution in [-0.4, -0.2) is 21.4 Å². The maximum atomic E-state index is 4.53. The fourth-order valence-corrected chi connectivity index (χ4v) is 3.07. The summed E-state index contributed by atoms with van der Waals surface area (Å²) >= 11 is 1.82. The standard InChI is InChI=1S/C14H17N5S/c1-9-6-11(20-10(9)2)7-17-13-14-16-4-5-19(14)8-12(15-3)18-13/h4-6,8,15H,7H2,1-3H3,(H,17,18). The number of nitrogens with one attached hydrogen (secondary N) is 2. The Kier molecular flexibility index (Phi) is 3.31. The number of imidazole rings is 1. The summed E-state index contributed by atoms with van der Waals surface area (Å²) in [6, 6.07) is 2.22. The minimum atomic E-state index is 0.766. The fourth-order valence-electron chi connectivity index (χ4n) is 2.08. The number of nitrogens with zero attached hydrogens (tertiary/aromatic N) is 3. The van der Waals surface area contributed by atoms with Crippen LogP contribution in [0.4, 0.5) is 11.6 Å². The van der Waals surface area contributed by atoms with E-state index in [-0.39, 0.29) is 0 Å². The molecule has 0 saturated heterocycles. The third-order valence-corrected chi connectivity index (χ3v) is 4.43. The molecule has 0 atom stereocenters. The molecule has 0 bridgehead atoms. The van der Waals surface area contributed by atoms with Crippen LogP contribution in [0.5, 0.6) is 0 Å². The molecule has 0 amide bonds. The number of fused-ring (bicyclic) bond motifs is 1. The summed E-state index contributed by atoms with van der Waals surface area (Å²) in [7, 11) is 1.86. The van der Waals surface area contributed by atoms with Gasteiger partial charge >= 0.3 is 0 Å². The highest BCUT2D eigenvalue weighted by molar-refractivity contribution is 7.12. The summed E-state index contributed by atoms with van der Waals surface area (Å²) in [6.07, 6.45) is 5.62. The van der Waals surface area contributed by atoms with Gasteiger partial charge in [0.15, 0.2) is 11.5 Å². The first-order chi connectivity index (χ1) is 9.67. The lowest BCUT2D eigenvalue weighted by molar-refractivity contribution is 1.08. The zero-order chi connectivity index (χ0) is 14.1. The van der Waals surface area contributed by atoms with Gasteiger partial charge in [-0.3, -0.25) is 0 Å². The van der Waals surface area contributed by atoms with Crippen LogP contribution in [0.3, 0.4) is 0 Å². The number of hydrogen-bond acceptors (Lipinski definition) is 5. The van der Waals surface area contributed by atoms with Crippen molar-refractivity contribution in [3.8, 4) is 0 Å². The maximum absolute atomic E-state index is 4.53. The summed E-state index contributed by atoms with van der Waals surface area (Å²) in [5.41, 5.74) is 2.18. The molecule has 3 aromatic rings. The topological polar surface area (TPSA) is 54.2 Å². The molecule has 0 aliphatic carbocycles. The molecule has 3 heterocycles. The summed E-state index contributed by atoms with van der Waals surface area (Å²) in [6.45, 7) is 5.06. The molecule has 0 aromatic carbocycles. The monoisotopic (exact) mass is 287 g/mol. The van der Waals surface area contributed by atoms with E-state index < -0.39 is 0 Å². The Balaban J connectivity index is 1.88. The normalized spacial score (nSPS) is 10.9. The summed E-state index contributed by atoms with van der Waals surface area (Å²) < 4.78 is 1.96. The zero-order valence-corrected chi connectivity index (χ0v) is 12.6. The Morgan fingerprint density at radius 2 is 2.20 bits per heavy atom. The molecule has 6 heteroatoms. The van der Waals surface area contributed by atoms with Crippen molar-refractivity contribution in [2.24, 2.45) is 0 Å². The van der Waals surface area contributed by atoms with Crippen LogP contribution in [0.1, 0.15) is 15.3 Å². The van der Waals surface area contributed by atoms with E-state index in [2.05, 4.69) is 40.5 Å². The second-order valence-corrected chi connectivity index (χ2v) is 6.03. The molecular weight excluding hydrogens is 270 g/mol. The number of aryl methyl sites for hydroxylation is 2. The lowest BCUT2D eigenvalue weighted by Crippen LogP contribution is -2.05. The Bertz CT molecular complexity index is 724. The quantitative estimate of drug-likeness (QED) is 0.774. The first kappa shape index (κ1) is 12.9. The first-order valence-corrected chi connectivity index (χ1v) is 7.30. The number of thiophene rings is 1. The van der Waals surface area contributed by atoms with E-state index in [0.29, 0.717) is 0 Å². The van der Waals surface area contributed by atoms with Crippen LogP contribution < -0.4 is 10.6 Å². The molecule has 104 valence electrons. The van der Waals surface area contributed by atoms with Gasteiger partial charge in [0.1, 0.15) is 5.82 Å². The SMILES string of the molecule is CNc1cn2ccnc2c(NCc2cc(C)c(C)s2)n1. The summed E-state index contributed by atoms with van der Waals surface area (Å²) in [4.78, 5) is 11.5. The van der Waals surface area contributed by atoms with Gasteiger partial charge < -0.3 is 15.0 Å².